The molecule has 1 aliphatic rings. The molecule has 0 bridgehead atoms. The van der Waals surface area contributed by atoms with Gasteiger partial charge in [0.1, 0.15) is 6.04 Å². The van der Waals surface area contributed by atoms with Crippen LogP contribution in [0.25, 0.3) is 0 Å². The summed E-state index contributed by atoms with van der Waals surface area (Å²) in [6.07, 6.45) is 0.685. The lowest BCUT2D eigenvalue weighted by Gasteiger charge is -2.16. The molecule has 1 fully saturated rings. The van der Waals surface area contributed by atoms with E-state index in [1.54, 1.807) is 0 Å². The molecule has 0 saturated carbocycles. The Morgan fingerprint density at radius 3 is 2.81 bits per heavy atom. The molecule has 0 aromatic heterocycles. The van der Waals surface area contributed by atoms with Gasteiger partial charge in [-0.15, -0.1) is 0 Å². The van der Waals surface area contributed by atoms with Crippen molar-refractivity contribution in [3.05, 3.63) is 0 Å². The Balaban J connectivity index is 2.49. The highest BCUT2D eigenvalue weighted by molar-refractivity contribution is 5.93. The average Bonchev–Trinajstić information content (AvgIpc) is 2.71. The highest BCUT2D eigenvalue weighted by atomic mass is 16.5. The van der Waals surface area contributed by atoms with Gasteiger partial charge in [0.2, 0.25) is 11.8 Å². The number of ether oxygens (including phenoxy) is 1. The molecule has 0 unspecified atom stereocenters. The minimum Gasteiger partial charge on any atom is -0.467 e. The third kappa shape index (κ3) is 2.93. The van der Waals surface area contributed by atoms with Crippen molar-refractivity contribution in [3.8, 4) is 0 Å². The Hall–Kier alpha value is -1.63. The second-order valence-electron chi connectivity index (χ2n) is 3.43. The number of aliphatic hydroxyl groups is 1. The number of carbonyl (C=O) groups excluding carboxylic acids is 3. The summed E-state index contributed by atoms with van der Waals surface area (Å²) in [7, 11) is 1.16. The number of amides is 2. The van der Waals surface area contributed by atoms with Gasteiger partial charge < -0.3 is 20.5 Å². The Labute approximate surface area is 92.1 Å². The smallest absolute Gasteiger partial charge is 0.330 e. The Bertz CT molecular complexity index is 304. The molecule has 3 N–H and O–H groups in total. The average molecular weight is 230 g/mol. The van der Waals surface area contributed by atoms with Gasteiger partial charge in [0.15, 0.2) is 6.04 Å². The molecule has 7 nitrogen and oxygen atoms in total. The summed E-state index contributed by atoms with van der Waals surface area (Å²) >= 11 is 0. The monoisotopic (exact) mass is 230 g/mol. The second-order valence-corrected chi connectivity index (χ2v) is 3.43. The maximum absolute atomic E-state index is 11.5. The molecule has 0 radical (unpaired) electrons. The van der Waals surface area contributed by atoms with Crippen LogP contribution < -0.4 is 10.6 Å². The Kier molecular flexibility index (Phi) is 4.24. The van der Waals surface area contributed by atoms with Crippen molar-refractivity contribution in [2.24, 2.45) is 0 Å². The van der Waals surface area contributed by atoms with Crippen LogP contribution in [-0.4, -0.2) is 48.7 Å². The van der Waals surface area contributed by atoms with E-state index in [0.29, 0.717) is 12.8 Å². The van der Waals surface area contributed by atoms with Gasteiger partial charge in [-0.1, -0.05) is 0 Å². The molecule has 1 rings (SSSR count). The highest BCUT2D eigenvalue weighted by Crippen LogP contribution is 2.06. The van der Waals surface area contributed by atoms with E-state index >= 15 is 0 Å². The molecule has 90 valence electrons. The molecule has 0 spiro atoms. The fraction of sp³-hybridized carbons (Fsp3) is 0.667. The van der Waals surface area contributed by atoms with Crippen LogP contribution in [0.15, 0.2) is 0 Å². The summed E-state index contributed by atoms with van der Waals surface area (Å²) < 4.78 is 4.39. The van der Waals surface area contributed by atoms with Crippen LogP contribution in [0.1, 0.15) is 12.8 Å². The Morgan fingerprint density at radius 1 is 1.69 bits per heavy atom. The van der Waals surface area contributed by atoms with Crippen LogP contribution in [0.2, 0.25) is 0 Å². The number of esters is 1. The molecule has 0 aliphatic carbocycles. The zero-order chi connectivity index (χ0) is 12.1. The summed E-state index contributed by atoms with van der Waals surface area (Å²) in [6, 6.07) is -1.72. The Morgan fingerprint density at radius 2 is 2.38 bits per heavy atom. The lowest BCUT2D eigenvalue weighted by atomic mass is 10.2. The van der Waals surface area contributed by atoms with E-state index in [9.17, 15) is 14.4 Å². The van der Waals surface area contributed by atoms with Crippen LogP contribution >= 0.6 is 0 Å². The van der Waals surface area contributed by atoms with E-state index in [1.807, 2.05) is 0 Å². The van der Waals surface area contributed by atoms with E-state index in [0.717, 1.165) is 7.11 Å². The van der Waals surface area contributed by atoms with E-state index in [1.165, 1.54) is 0 Å². The largest absolute Gasteiger partial charge is 0.467 e. The lowest BCUT2D eigenvalue weighted by Crippen LogP contribution is -2.50. The predicted octanol–water partition coefficient (Wildman–Crippen LogP) is -2.08. The van der Waals surface area contributed by atoms with Gasteiger partial charge in [-0.05, 0) is 6.42 Å². The first-order chi connectivity index (χ1) is 7.58. The van der Waals surface area contributed by atoms with Gasteiger partial charge in [0, 0.05) is 6.42 Å². The first kappa shape index (κ1) is 12.4. The van der Waals surface area contributed by atoms with E-state index in [-0.39, 0.29) is 5.91 Å². The van der Waals surface area contributed by atoms with Gasteiger partial charge in [-0.3, -0.25) is 9.59 Å². The minimum absolute atomic E-state index is 0.196. The van der Waals surface area contributed by atoms with Crippen molar-refractivity contribution in [3.63, 3.8) is 0 Å². The topological polar surface area (TPSA) is 105 Å². The van der Waals surface area contributed by atoms with Crippen LogP contribution in [0.3, 0.4) is 0 Å². The predicted molar refractivity (Wildman–Crippen MR) is 52.2 cm³/mol. The van der Waals surface area contributed by atoms with Crippen LogP contribution in [0.4, 0.5) is 0 Å². The van der Waals surface area contributed by atoms with Crippen molar-refractivity contribution in [2.45, 2.75) is 24.9 Å². The zero-order valence-electron chi connectivity index (χ0n) is 8.86. The zero-order valence-corrected chi connectivity index (χ0v) is 8.86. The molecule has 1 aliphatic heterocycles. The second kappa shape index (κ2) is 5.45. The van der Waals surface area contributed by atoms with Crippen molar-refractivity contribution < 1.29 is 24.2 Å². The third-order valence-corrected chi connectivity index (χ3v) is 2.30. The van der Waals surface area contributed by atoms with Crippen LogP contribution in [-0.2, 0) is 19.1 Å². The van der Waals surface area contributed by atoms with Gasteiger partial charge in [0.05, 0.1) is 13.7 Å². The van der Waals surface area contributed by atoms with Crippen molar-refractivity contribution in [1.29, 1.82) is 0 Å². The summed E-state index contributed by atoms with van der Waals surface area (Å²) in [5, 5.41) is 13.6. The number of aliphatic hydroxyl groups excluding tert-OH is 1. The molecule has 16 heavy (non-hydrogen) atoms. The highest BCUT2D eigenvalue weighted by Gasteiger charge is 2.30. The summed E-state index contributed by atoms with van der Waals surface area (Å²) in [6.45, 7) is -0.543. The number of carbonyl (C=O) groups is 3. The van der Waals surface area contributed by atoms with Crippen molar-refractivity contribution in [2.75, 3.05) is 13.7 Å². The molecule has 1 saturated heterocycles. The molecule has 1 heterocycles. The lowest BCUT2D eigenvalue weighted by molar-refractivity contribution is -0.146. The molecule has 0 aromatic carbocycles. The summed E-state index contributed by atoms with van der Waals surface area (Å²) in [5.41, 5.74) is 0. The molecule has 0 aromatic rings. The van der Waals surface area contributed by atoms with E-state index < -0.39 is 30.6 Å². The van der Waals surface area contributed by atoms with Gasteiger partial charge >= 0.3 is 5.97 Å². The van der Waals surface area contributed by atoms with Gasteiger partial charge in [-0.2, -0.15) is 0 Å². The number of rotatable bonds is 4. The van der Waals surface area contributed by atoms with Gasteiger partial charge in [-0.25, -0.2) is 4.79 Å². The first-order valence-corrected chi connectivity index (χ1v) is 4.87. The van der Waals surface area contributed by atoms with Crippen LogP contribution in [0.5, 0.6) is 0 Å². The van der Waals surface area contributed by atoms with E-state index in [2.05, 4.69) is 15.4 Å². The molecule has 2 amide bonds. The SMILES string of the molecule is COC(=O)[C@H](CO)NC(=O)[C@H]1CCC(=O)N1. The number of hydrogen-bond acceptors (Lipinski definition) is 5. The number of nitrogens with one attached hydrogen (secondary N) is 2. The van der Waals surface area contributed by atoms with Crippen molar-refractivity contribution >= 4 is 17.8 Å². The summed E-state index contributed by atoms with van der Waals surface area (Å²) in [5.74, 6) is -1.41. The fourth-order valence-corrected chi connectivity index (χ4v) is 1.40. The van der Waals surface area contributed by atoms with E-state index in [4.69, 9.17) is 5.11 Å². The standard InChI is InChI=1S/C9H14N2O5/c1-16-9(15)6(4-12)11-8(14)5-2-3-7(13)10-5/h5-6,12H,2-4H2,1H3,(H,10,13)(H,11,14)/t5-,6+/m1/s1. The molecular weight excluding hydrogens is 216 g/mol. The normalized spacial score (nSPS) is 21.1. The molecule has 2 atom stereocenters. The minimum atomic E-state index is -1.09. The number of hydrogen-bond donors (Lipinski definition) is 3. The third-order valence-electron chi connectivity index (χ3n) is 2.30. The van der Waals surface area contributed by atoms with Gasteiger partial charge in [0.25, 0.3) is 0 Å². The maximum Gasteiger partial charge on any atom is 0.330 e. The molecular formula is C9H14N2O5. The number of methoxy groups -OCH3 is 1. The maximum atomic E-state index is 11.5. The fourth-order valence-electron chi connectivity index (χ4n) is 1.40. The quantitative estimate of drug-likeness (QED) is 0.480. The molecule has 7 heteroatoms. The van der Waals surface area contributed by atoms with Crippen LogP contribution in [0, 0.1) is 0 Å². The van der Waals surface area contributed by atoms with Crippen molar-refractivity contribution in [1.82, 2.24) is 10.6 Å². The first-order valence-electron chi connectivity index (χ1n) is 4.87. The summed E-state index contributed by atoms with van der Waals surface area (Å²) in [4.78, 5) is 33.5.